The number of aromatic nitrogens is 1. The first-order valence-corrected chi connectivity index (χ1v) is 9.39. The number of thiazole rings is 1. The molecule has 0 aliphatic carbocycles. The molecule has 1 aromatic heterocycles. The third kappa shape index (κ3) is 4.53. The highest BCUT2D eigenvalue weighted by atomic mass is 35.5. The molecule has 2 aromatic rings. The van der Waals surface area contributed by atoms with Gasteiger partial charge in [-0.15, -0.1) is 23.7 Å². The van der Waals surface area contributed by atoms with Gasteiger partial charge in [0, 0.05) is 21.4 Å². The first-order chi connectivity index (χ1) is 11.5. The maximum atomic E-state index is 12.4. The van der Waals surface area contributed by atoms with Crippen LogP contribution in [0.15, 0.2) is 24.3 Å². The lowest BCUT2D eigenvalue weighted by Gasteiger charge is -2.32. The van der Waals surface area contributed by atoms with Gasteiger partial charge in [-0.2, -0.15) is 0 Å². The quantitative estimate of drug-likeness (QED) is 0.790. The van der Waals surface area contributed by atoms with Crippen LogP contribution in [-0.4, -0.2) is 24.0 Å². The molecule has 0 saturated carbocycles. The van der Waals surface area contributed by atoms with Gasteiger partial charge in [-0.3, -0.25) is 4.79 Å². The topological polar surface area (TPSA) is 54.0 Å². The molecule has 0 radical (unpaired) electrons. The minimum atomic E-state index is -0.0854. The number of benzene rings is 1. The molecule has 2 unspecified atom stereocenters. The summed E-state index contributed by atoms with van der Waals surface area (Å²) >= 11 is 7.59. The van der Waals surface area contributed by atoms with Crippen molar-refractivity contribution in [2.45, 2.75) is 26.8 Å². The number of amides is 1. The normalized spacial score (nSPS) is 16.5. The molecule has 25 heavy (non-hydrogen) atoms. The summed E-state index contributed by atoms with van der Waals surface area (Å²) < 4.78 is 0. The van der Waals surface area contributed by atoms with E-state index in [1.165, 1.54) is 0 Å². The Hall–Kier alpha value is -1.14. The van der Waals surface area contributed by atoms with E-state index in [1.54, 1.807) is 11.3 Å². The third-order valence-corrected chi connectivity index (χ3v) is 6.00. The lowest BCUT2D eigenvalue weighted by atomic mass is 9.88. The predicted molar refractivity (Wildman–Crippen MR) is 107 cm³/mol. The molecule has 3 rings (SSSR count). The maximum absolute atomic E-state index is 12.4. The van der Waals surface area contributed by atoms with E-state index < -0.39 is 0 Å². The Balaban J connectivity index is 0.00000225. The van der Waals surface area contributed by atoms with Crippen molar-refractivity contribution >= 4 is 41.3 Å². The van der Waals surface area contributed by atoms with Gasteiger partial charge < -0.3 is 10.6 Å². The summed E-state index contributed by atoms with van der Waals surface area (Å²) in [5.74, 6) is 0.584. The van der Waals surface area contributed by atoms with Crippen molar-refractivity contribution in [3.05, 3.63) is 39.2 Å². The molecule has 0 spiro atoms. The van der Waals surface area contributed by atoms with E-state index in [1.807, 2.05) is 38.1 Å². The van der Waals surface area contributed by atoms with Crippen molar-refractivity contribution in [2.24, 2.45) is 11.8 Å². The molecule has 1 amide bonds. The maximum Gasteiger partial charge on any atom is 0.223 e. The number of carbonyl (C=O) groups is 1. The van der Waals surface area contributed by atoms with Gasteiger partial charge >= 0.3 is 0 Å². The molecule has 0 bridgehead atoms. The number of nitrogens with zero attached hydrogens (tertiary/aromatic N) is 1. The fraction of sp³-hybridized carbons (Fsp3) is 0.444. The highest BCUT2D eigenvalue weighted by Gasteiger charge is 2.29. The van der Waals surface area contributed by atoms with Crippen LogP contribution in [-0.2, 0) is 4.79 Å². The smallest absolute Gasteiger partial charge is 0.223 e. The van der Waals surface area contributed by atoms with Crippen molar-refractivity contribution in [2.75, 3.05) is 13.1 Å². The second kappa shape index (κ2) is 8.49. The standard InChI is InChI=1S/C18H22ClN3OS.ClH/c1-10(14-8-20-9-14)17(23)21-11(2)18-22-16(12(3)24-18)13-4-6-15(19)7-5-13;/h4-7,10-11,14,20H,8-9H2,1-3H3,(H,21,23);1H. The Morgan fingerprint density at radius 2 is 1.96 bits per heavy atom. The van der Waals surface area contributed by atoms with E-state index >= 15 is 0 Å². The van der Waals surface area contributed by atoms with E-state index in [9.17, 15) is 4.79 Å². The monoisotopic (exact) mass is 399 g/mol. The first kappa shape index (κ1) is 20.2. The van der Waals surface area contributed by atoms with Crippen LogP contribution in [0.1, 0.15) is 29.8 Å². The van der Waals surface area contributed by atoms with Gasteiger partial charge in [0.05, 0.1) is 11.7 Å². The minimum absolute atomic E-state index is 0. The average molecular weight is 400 g/mol. The fourth-order valence-corrected chi connectivity index (χ4v) is 3.84. The Labute approximate surface area is 163 Å². The molecule has 1 aliphatic rings. The molecular formula is C18H23Cl2N3OS. The Kier molecular flexibility index (Phi) is 6.86. The number of hydrogen-bond donors (Lipinski definition) is 2. The van der Waals surface area contributed by atoms with Crippen molar-refractivity contribution in [1.82, 2.24) is 15.6 Å². The lowest BCUT2D eigenvalue weighted by molar-refractivity contribution is -0.127. The van der Waals surface area contributed by atoms with Crippen molar-refractivity contribution < 1.29 is 4.79 Å². The van der Waals surface area contributed by atoms with Gasteiger partial charge in [0.2, 0.25) is 5.91 Å². The molecule has 1 saturated heterocycles. The van der Waals surface area contributed by atoms with E-state index in [0.29, 0.717) is 10.9 Å². The summed E-state index contributed by atoms with van der Waals surface area (Å²) in [4.78, 5) is 18.3. The molecule has 2 N–H and O–H groups in total. The van der Waals surface area contributed by atoms with Gasteiger partial charge in [0.1, 0.15) is 5.01 Å². The first-order valence-electron chi connectivity index (χ1n) is 8.20. The number of rotatable bonds is 5. The van der Waals surface area contributed by atoms with Crippen molar-refractivity contribution in [1.29, 1.82) is 0 Å². The number of hydrogen-bond acceptors (Lipinski definition) is 4. The number of aryl methyl sites for hydroxylation is 1. The summed E-state index contributed by atoms with van der Waals surface area (Å²) in [6.07, 6.45) is 0. The summed E-state index contributed by atoms with van der Waals surface area (Å²) in [6, 6.07) is 7.60. The Morgan fingerprint density at radius 1 is 1.32 bits per heavy atom. The van der Waals surface area contributed by atoms with Crippen LogP contribution in [0.25, 0.3) is 11.3 Å². The van der Waals surface area contributed by atoms with Gasteiger partial charge in [-0.25, -0.2) is 4.98 Å². The van der Waals surface area contributed by atoms with Crippen LogP contribution in [0.4, 0.5) is 0 Å². The van der Waals surface area contributed by atoms with E-state index in [0.717, 1.165) is 34.2 Å². The third-order valence-electron chi connectivity index (χ3n) is 4.59. The summed E-state index contributed by atoms with van der Waals surface area (Å²) in [5.41, 5.74) is 2.01. The summed E-state index contributed by atoms with van der Waals surface area (Å²) in [7, 11) is 0. The SMILES string of the molecule is Cc1sc(C(C)NC(=O)C(C)C2CNC2)nc1-c1ccc(Cl)cc1.Cl. The molecule has 2 atom stereocenters. The van der Waals surface area contributed by atoms with Crippen molar-refractivity contribution in [3.8, 4) is 11.3 Å². The highest BCUT2D eigenvalue weighted by Crippen LogP contribution is 2.31. The van der Waals surface area contributed by atoms with Crippen LogP contribution in [0.2, 0.25) is 5.02 Å². The van der Waals surface area contributed by atoms with E-state index in [2.05, 4.69) is 17.6 Å². The fourth-order valence-electron chi connectivity index (χ4n) is 2.76. The molecule has 136 valence electrons. The second-order valence-electron chi connectivity index (χ2n) is 6.40. The zero-order chi connectivity index (χ0) is 17.3. The van der Waals surface area contributed by atoms with E-state index in [-0.39, 0.29) is 30.3 Å². The second-order valence-corrected chi connectivity index (χ2v) is 8.07. The molecule has 1 aliphatic heterocycles. The molecule has 7 heteroatoms. The van der Waals surface area contributed by atoms with Gasteiger partial charge in [-0.1, -0.05) is 30.7 Å². The molecular weight excluding hydrogens is 377 g/mol. The number of nitrogens with one attached hydrogen (secondary N) is 2. The number of carbonyl (C=O) groups excluding carboxylic acids is 1. The molecule has 1 fully saturated rings. The Bertz CT molecular complexity index is 728. The average Bonchev–Trinajstić information content (AvgIpc) is 2.88. The number of halogens is 2. The molecule has 4 nitrogen and oxygen atoms in total. The van der Waals surface area contributed by atoms with Gasteiger partial charge in [-0.05, 0) is 45.0 Å². The molecule has 1 aromatic carbocycles. The largest absolute Gasteiger partial charge is 0.347 e. The van der Waals surface area contributed by atoms with Crippen LogP contribution >= 0.6 is 35.3 Å². The van der Waals surface area contributed by atoms with Gasteiger partial charge in [0.15, 0.2) is 0 Å². The predicted octanol–water partition coefficient (Wildman–Crippen LogP) is 4.23. The highest BCUT2D eigenvalue weighted by molar-refractivity contribution is 7.12. The summed E-state index contributed by atoms with van der Waals surface area (Å²) in [6.45, 7) is 7.91. The van der Waals surface area contributed by atoms with Crippen molar-refractivity contribution in [3.63, 3.8) is 0 Å². The molecule has 2 heterocycles. The minimum Gasteiger partial charge on any atom is -0.347 e. The summed E-state index contributed by atoms with van der Waals surface area (Å²) in [5, 5.41) is 7.97. The van der Waals surface area contributed by atoms with Crippen LogP contribution < -0.4 is 10.6 Å². The van der Waals surface area contributed by atoms with E-state index in [4.69, 9.17) is 16.6 Å². The van der Waals surface area contributed by atoms with Crippen LogP contribution in [0, 0.1) is 18.8 Å². The van der Waals surface area contributed by atoms with Gasteiger partial charge in [0.25, 0.3) is 0 Å². The zero-order valence-corrected chi connectivity index (χ0v) is 16.9. The lowest BCUT2D eigenvalue weighted by Crippen LogP contribution is -2.49. The zero-order valence-electron chi connectivity index (χ0n) is 14.5. The van der Waals surface area contributed by atoms with Crippen LogP contribution in [0.3, 0.4) is 0 Å². The Morgan fingerprint density at radius 3 is 2.52 bits per heavy atom. The van der Waals surface area contributed by atoms with Crippen LogP contribution in [0.5, 0.6) is 0 Å².